The second-order valence-electron chi connectivity index (χ2n) is 4.61. The summed E-state index contributed by atoms with van der Waals surface area (Å²) in [5.74, 6) is 0. The van der Waals surface area contributed by atoms with Crippen molar-refractivity contribution in [3.63, 3.8) is 0 Å². The first kappa shape index (κ1) is 17.5. The zero-order chi connectivity index (χ0) is 15.9. The Morgan fingerprint density at radius 3 is 1.27 bits per heavy atom. The zero-order valence-corrected chi connectivity index (χ0v) is 13.2. The summed E-state index contributed by atoms with van der Waals surface area (Å²) in [6.45, 7) is 5.79. The van der Waals surface area contributed by atoms with Gasteiger partial charge in [-0.1, -0.05) is 117 Å². The van der Waals surface area contributed by atoms with Gasteiger partial charge in [0, 0.05) is 0 Å². The molecule has 0 amide bonds. The van der Waals surface area contributed by atoms with E-state index in [1.807, 2.05) is 78.9 Å². The van der Waals surface area contributed by atoms with E-state index < -0.39 is 0 Å². The van der Waals surface area contributed by atoms with Crippen molar-refractivity contribution < 1.29 is 0 Å². The molecule has 0 bridgehead atoms. The van der Waals surface area contributed by atoms with E-state index in [1.165, 1.54) is 11.1 Å². The average Bonchev–Trinajstić information content (AvgIpc) is 2.65. The topological polar surface area (TPSA) is 0 Å². The Labute approximate surface area is 134 Å². The van der Waals surface area contributed by atoms with Crippen LogP contribution in [0.3, 0.4) is 0 Å². The van der Waals surface area contributed by atoms with Crippen molar-refractivity contribution in [2.75, 3.05) is 0 Å². The van der Waals surface area contributed by atoms with Gasteiger partial charge >= 0.3 is 0 Å². The van der Waals surface area contributed by atoms with Gasteiger partial charge in [0.05, 0.1) is 0 Å². The lowest BCUT2D eigenvalue weighted by Crippen LogP contribution is -1.73. The van der Waals surface area contributed by atoms with Gasteiger partial charge in [-0.15, -0.1) is 0 Å². The lowest BCUT2D eigenvalue weighted by Gasteiger charge is -1.89. The highest BCUT2D eigenvalue weighted by atomic mass is 13.9. The molecule has 22 heavy (non-hydrogen) atoms. The predicted octanol–water partition coefficient (Wildman–Crippen LogP) is 6.27. The van der Waals surface area contributed by atoms with Crippen LogP contribution in [0.25, 0.3) is 6.08 Å². The molecule has 0 nitrogen and oxygen atoms in total. The fraction of sp³-hybridized carbons (Fsp3) is 0.0909. The number of hydrogen-bond acceptors (Lipinski definition) is 0. The van der Waals surface area contributed by atoms with Gasteiger partial charge in [0.25, 0.3) is 0 Å². The highest BCUT2D eigenvalue weighted by Gasteiger charge is 1.80. The first-order valence-electron chi connectivity index (χ1n) is 7.58. The van der Waals surface area contributed by atoms with Crippen molar-refractivity contribution >= 4 is 6.08 Å². The fourth-order valence-electron chi connectivity index (χ4n) is 1.69. The third-order valence-corrected chi connectivity index (χ3v) is 2.95. The summed E-state index contributed by atoms with van der Waals surface area (Å²) in [7, 11) is 0. The van der Waals surface area contributed by atoms with Gasteiger partial charge in [0.15, 0.2) is 0 Å². The minimum Gasteiger partial charge on any atom is -0.0985 e. The smallest absolute Gasteiger partial charge is 0.0263 e. The lowest BCUT2D eigenvalue weighted by atomic mass is 10.2. The number of benzene rings is 3. The molecule has 0 unspecified atom stereocenters. The largest absolute Gasteiger partial charge is 0.0985 e. The molecule has 0 saturated heterocycles. The summed E-state index contributed by atoms with van der Waals surface area (Å²) < 4.78 is 0. The molecule has 112 valence electrons. The van der Waals surface area contributed by atoms with Gasteiger partial charge in [0.1, 0.15) is 0 Å². The van der Waals surface area contributed by atoms with Crippen LogP contribution in [0.15, 0.2) is 104 Å². The van der Waals surface area contributed by atoms with Crippen LogP contribution in [0.1, 0.15) is 18.1 Å². The Balaban J connectivity index is 0.000000167. The highest BCUT2D eigenvalue weighted by molar-refractivity contribution is 5.45. The molecule has 0 aliphatic heterocycles. The highest BCUT2D eigenvalue weighted by Crippen LogP contribution is 1.97. The van der Waals surface area contributed by atoms with Gasteiger partial charge in [-0.2, -0.15) is 0 Å². The molecular weight excluding hydrogens is 264 g/mol. The fourth-order valence-corrected chi connectivity index (χ4v) is 1.69. The Bertz CT molecular complexity index is 556. The van der Waals surface area contributed by atoms with E-state index >= 15 is 0 Å². The minimum absolute atomic E-state index is 1.14. The SMILES string of the molecule is C=Cc1ccccc1.CCc1ccccc1.c1ccccc1. The van der Waals surface area contributed by atoms with E-state index in [2.05, 4.69) is 37.8 Å². The van der Waals surface area contributed by atoms with Crippen LogP contribution < -0.4 is 0 Å². The number of aryl methyl sites for hydroxylation is 1. The molecule has 3 aromatic rings. The lowest BCUT2D eigenvalue weighted by molar-refractivity contribution is 1.14. The van der Waals surface area contributed by atoms with Crippen LogP contribution in [-0.4, -0.2) is 0 Å². The van der Waals surface area contributed by atoms with Crippen LogP contribution >= 0.6 is 0 Å². The van der Waals surface area contributed by atoms with Gasteiger partial charge in [0.2, 0.25) is 0 Å². The van der Waals surface area contributed by atoms with Gasteiger partial charge in [-0.25, -0.2) is 0 Å². The van der Waals surface area contributed by atoms with E-state index in [-0.39, 0.29) is 0 Å². The maximum absolute atomic E-state index is 3.63. The molecule has 0 aromatic heterocycles. The summed E-state index contributed by atoms with van der Waals surface area (Å²) in [6, 6.07) is 32.5. The van der Waals surface area contributed by atoms with Crippen LogP contribution in [0.2, 0.25) is 0 Å². The molecule has 3 aromatic carbocycles. The number of hydrogen-bond donors (Lipinski definition) is 0. The molecule has 0 N–H and O–H groups in total. The monoisotopic (exact) mass is 288 g/mol. The molecule has 0 aliphatic carbocycles. The Kier molecular flexibility index (Phi) is 9.65. The van der Waals surface area contributed by atoms with Gasteiger partial charge in [-0.05, 0) is 17.5 Å². The molecule has 0 saturated carbocycles. The molecule has 3 rings (SSSR count). The van der Waals surface area contributed by atoms with Gasteiger partial charge < -0.3 is 0 Å². The summed E-state index contributed by atoms with van der Waals surface area (Å²) in [5, 5.41) is 0. The first-order chi connectivity index (χ1) is 10.9. The molecule has 0 heteroatoms. The zero-order valence-electron chi connectivity index (χ0n) is 13.2. The van der Waals surface area contributed by atoms with Gasteiger partial charge in [-0.3, -0.25) is 0 Å². The van der Waals surface area contributed by atoms with Crippen LogP contribution in [-0.2, 0) is 6.42 Å². The maximum atomic E-state index is 3.63. The first-order valence-corrected chi connectivity index (χ1v) is 7.58. The minimum atomic E-state index is 1.14. The van der Waals surface area contributed by atoms with Crippen LogP contribution in [0.4, 0.5) is 0 Å². The Morgan fingerprint density at radius 1 is 0.636 bits per heavy atom. The summed E-state index contributed by atoms with van der Waals surface area (Å²) >= 11 is 0. The molecule has 0 heterocycles. The average molecular weight is 288 g/mol. The standard InChI is InChI=1S/C8H10.C8H8.C6H6/c2*1-2-8-6-4-3-5-7-8;1-2-4-6-5-3-1/h3-7H,2H2,1H3;2-7H,1H2;1-6H. The van der Waals surface area contributed by atoms with Crippen molar-refractivity contribution in [2.45, 2.75) is 13.3 Å². The van der Waals surface area contributed by atoms with E-state index in [9.17, 15) is 0 Å². The van der Waals surface area contributed by atoms with Crippen LogP contribution in [0.5, 0.6) is 0 Å². The maximum Gasteiger partial charge on any atom is -0.0263 e. The molecule has 0 radical (unpaired) electrons. The van der Waals surface area contributed by atoms with E-state index in [0.717, 1.165) is 6.42 Å². The second-order valence-corrected chi connectivity index (χ2v) is 4.61. The summed E-state index contributed by atoms with van der Waals surface area (Å²) in [5.41, 5.74) is 2.58. The summed E-state index contributed by atoms with van der Waals surface area (Å²) in [6.07, 6.45) is 2.97. The molecule has 0 atom stereocenters. The Morgan fingerprint density at radius 2 is 1.00 bits per heavy atom. The quantitative estimate of drug-likeness (QED) is 0.521. The summed E-state index contributed by atoms with van der Waals surface area (Å²) in [4.78, 5) is 0. The van der Waals surface area contributed by atoms with Crippen molar-refractivity contribution in [1.82, 2.24) is 0 Å². The normalized spacial score (nSPS) is 8.59. The van der Waals surface area contributed by atoms with E-state index in [0.29, 0.717) is 0 Å². The molecule has 0 fully saturated rings. The third kappa shape index (κ3) is 8.55. The third-order valence-electron chi connectivity index (χ3n) is 2.95. The predicted molar refractivity (Wildman–Crippen MR) is 98.8 cm³/mol. The molecule has 0 aliphatic rings. The van der Waals surface area contributed by atoms with Crippen LogP contribution in [0, 0.1) is 0 Å². The second kappa shape index (κ2) is 12.2. The molecule has 0 spiro atoms. The van der Waals surface area contributed by atoms with Crippen molar-refractivity contribution in [2.24, 2.45) is 0 Å². The number of rotatable bonds is 2. The van der Waals surface area contributed by atoms with Crippen molar-refractivity contribution in [3.05, 3.63) is 115 Å². The Hall–Kier alpha value is -2.60. The van der Waals surface area contributed by atoms with Crippen molar-refractivity contribution in [3.8, 4) is 0 Å². The molecular formula is C22H24. The van der Waals surface area contributed by atoms with E-state index in [4.69, 9.17) is 0 Å². The van der Waals surface area contributed by atoms with E-state index in [1.54, 1.807) is 0 Å². The van der Waals surface area contributed by atoms with Crippen molar-refractivity contribution in [1.29, 1.82) is 0 Å².